The van der Waals surface area contributed by atoms with E-state index in [4.69, 9.17) is 0 Å². The molecule has 1 fully saturated rings. The number of likely N-dealkylation sites (tertiary alicyclic amines) is 1. The van der Waals surface area contributed by atoms with Gasteiger partial charge in [0.2, 0.25) is 5.91 Å². The number of hydrogen-bond donors (Lipinski definition) is 0. The van der Waals surface area contributed by atoms with Gasteiger partial charge in [-0.2, -0.15) is 5.10 Å². The molecule has 0 radical (unpaired) electrons. The Kier molecular flexibility index (Phi) is 4.65. The Bertz CT molecular complexity index is 561. The average Bonchev–Trinajstić information content (AvgIpc) is 2.86. The molecular weight excluding hydrogens is 274 g/mol. The molecule has 2 atom stereocenters. The summed E-state index contributed by atoms with van der Waals surface area (Å²) < 4.78 is 2.08. The van der Waals surface area contributed by atoms with E-state index >= 15 is 0 Å². The minimum atomic E-state index is 0.200. The number of aromatic nitrogens is 2. The lowest BCUT2D eigenvalue weighted by atomic mass is 9.91. The molecule has 1 amide bonds. The zero-order valence-electron chi connectivity index (χ0n) is 13.8. The lowest BCUT2D eigenvalue weighted by molar-refractivity contribution is -0.140. The zero-order valence-corrected chi connectivity index (χ0v) is 13.8. The molecule has 2 aliphatic rings. The number of nitrogens with zero attached hydrogens (tertiary/aromatic N) is 3. The van der Waals surface area contributed by atoms with Crippen molar-refractivity contribution in [2.24, 2.45) is 5.92 Å². The average molecular weight is 301 g/mol. The topological polar surface area (TPSA) is 38.1 Å². The molecule has 0 aromatic carbocycles. The van der Waals surface area contributed by atoms with Gasteiger partial charge in [-0.15, -0.1) is 0 Å². The quantitative estimate of drug-likeness (QED) is 0.804. The Morgan fingerprint density at radius 2 is 2.14 bits per heavy atom. The third kappa shape index (κ3) is 3.26. The van der Waals surface area contributed by atoms with Gasteiger partial charge in [-0.1, -0.05) is 12.2 Å². The van der Waals surface area contributed by atoms with Crippen molar-refractivity contribution < 1.29 is 4.79 Å². The van der Waals surface area contributed by atoms with Crippen LogP contribution in [0.4, 0.5) is 0 Å². The second kappa shape index (κ2) is 6.67. The Morgan fingerprint density at radius 1 is 1.27 bits per heavy atom. The van der Waals surface area contributed by atoms with E-state index in [1.54, 1.807) is 0 Å². The smallest absolute Gasteiger partial charge is 0.226 e. The van der Waals surface area contributed by atoms with Crippen molar-refractivity contribution in [1.29, 1.82) is 0 Å². The summed E-state index contributed by atoms with van der Waals surface area (Å²) in [5, 5.41) is 4.58. The van der Waals surface area contributed by atoms with Gasteiger partial charge in [0.1, 0.15) is 0 Å². The zero-order chi connectivity index (χ0) is 15.5. The molecule has 1 saturated heterocycles. The number of allylic oxidation sites excluding steroid dienone is 2. The molecule has 1 aliphatic heterocycles. The predicted molar refractivity (Wildman–Crippen MR) is 87.5 cm³/mol. The normalized spacial score (nSPS) is 25.5. The molecular formula is C18H27N3O. The highest BCUT2D eigenvalue weighted by Crippen LogP contribution is 2.26. The van der Waals surface area contributed by atoms with Crippen LogP contribution in [0, 0.1) is 19.8 Å². The van der Waals surface area contributed by atoms with E-state index in [1.807, 2.05) is 6.92 Å². The van der Waals surface area contributed by atoms with Gasteiger partial charge in [-0.3, -0.25) is 9.48 Å². The minimum absolute atomic E-state index is 0.200. The molecule has 1 aliphatic carbocycles. The third-order valence-electron chi connectivity index (χ3n) is 5.02. The monoisotopic (exact) mass is 301 g/mol. The van der Waals surface area contributed by atoms with Gasteiger partial charge in [0.05, 0.1) is 18.3 Å². The van der Waals surface area contributed by atoms with E-state index in [0.29, 0.717) is 11.9 Å². The number of aryl methyl sites for hydroxylation is 2. The molecule has 2 heterocycles. The van der Waals surface area contributed by atoms with Gasteiger partial charge >= 0.3 is 0 Å². The van der Waals surface area contributed by atoms with Crippen LogP contribution in [0.3, 0.4) is 0 Å². The lowest BCUT2D eigenvalue weighted by Crippen LogP contribution is -2.48. The summed E-state index contributed by atoms with van der Waals surface area (Å²) in [6.07, 6.45) is 10.8. The summed E-state index contributed by atoms with van der Waals surface area (Å²) >= 11 is 0. The summed E-state index contributed by atoms with van der Waals surface area (Å²) in [6, 6.07) is 2.42. The second-order valence-corrected chi connectivity index (χ2v) is 6.77. The Balaban J connectivity index is 1.71. The fourth-order valence-corrected chi connectivity index (χ4v) is 3.79. The van der Waals surface area contributed by atoms with Crippen LogP contribution in [-0.4, -0.2) is 33.2 Å². The molecule has 3 rings (SSSR count). The first kappa shape index (κ1) is 15.3. The van der Waals surface area contributed by atoms with Gasteiger partial charge in [0.15, 0.2) is 0 Å². The van der Waals surface area contributed by atoms with Crippen molar-refractivity contribution in [3.8, 4) is 0 Å². The third-order valence-corrected chi connectivity index (χ3v) is 5.02. The van der Waals surface area contributed by atoms with Crippen LogP contribution in [0.5, 0.6) is 0 Å². The van der Waals surface area contributed by atoms with Gasteiger partial charge in [0.25, 0.3) is 0 Å². The van der Waals surface area contributed by atoms with Crippen molar-refractivity contribution in [2.45, 2.75) is 65.0 Å². The largest absolute Gasteiger partial charge is 0.338 e. The number of carbonyl (C=O) groups is 1. The molecule has 1 aromatic rings. The fourth-order valence-electron chi connectivity index (χ4n) is 3.79. The van der Waals surface area contributed by atoms with Crippen LogP contribution >= 0.6 is 0 Å². The van der Waals surface area contributed by atoms with E-state index in [0.717, 1.165) is 50.9 Å². The van der Waals surface area contributed by atoms with Gasteiger partial charge in [-0.25, -0.2) is 0 Å². The molecule has 1 aromatic heterocycles. The fraction of sp³-hybridized carbons (Fsp3) is 0.667. The van der Waals surface area contributed by atoms with Crippen molar-refractivity contribution in [1.82, 2.24) is 14.7 Å². The predicted octanol–water partition coefficient (Wildman–Crippen LogP) is 3.24. The van der Waals surface area contributed by atoms with Crippen LogP contribution in [0.1, 0.15) is 49.9 Å². The van der Waals surface area contributed by atoms with Gasteiger partial charge in [-0.05, 0) is 58.4 Å². The van der Waals surface area contributed by atoms with Crippen LogP contribution in [0.2, 0.25) is 0 Å². The van der Waals surface area contributed by atoms with Gasteiger partial charge in [0, 0.05) is 18.2 Å². The summed E-state index contributed by atoms with van der Waals surface area (Å²) in [5.41, 5.74) is 2.25. The van der Waals surface area contributed by atoms with E-state index in [1.165, 1.54) is 12.1 Å². The molecule has 4 nitrogen and oxygen atoms in total. The maximum absolute atomic E-state index is 12.9. The molecule has 4 heteroatoms. The molecule has 0 unspecified atom stereocenters. The Hall–Kier alpha value is -1.58. The highest BCUT2D eigenvalue weighted by Gasteiger charge is 2.31. The molecule has 0 spiro atoms. The first-order chi connectivity index (χ1) is 10.6. The number of amides is 1. The summed E-state index contributed by atoms with van der Waals surface area (Å²) in [5.74, 6) is 0.571. The van der Waals surface area contributed by atoms with Crippen LogP contribution in [0.25, 0.3) is 0 Å². The number of carbonyl (C=O) groups excluding carboxylic acids is 1. The first-order valence-electron chi connectivity index (χ1n) is 8.61. The van der Waals surface area contributed by atoms with Crippen LogP contribution in [-0.2, 0) is 11.3 Å². The molecule has 120 valence electrons. The molecule has 22 heavy (non-hydrogen) atoms. The standard InChI is InChI=1S/C18H27N3O/c1-14-12-15(2)21(19-14)13-17-10-6-7-11-20(17)18(22)16-8-4-3-5-9-16/h3-4,12,16-17H,5-11,13H2,1-2H3/t16-,17+/m0/s1. The minimum Gasteiger partial charge on any atom is -0.338 e. The van der Waals surface area contributed by atoms with Crippen LogP contribution < -0.4 is 0 Å². The summed E-state index contributed by atoms with van der Waals surface area (Å²) in [6.45, 7) is 5.89. The highest BCUT2D eigenvalue weighted by molar-refractivity contribution is 5.79. The Labute approximate surface area is 133 Å². The van der Waals surface area contributed by atoms with Gasteiger partial charge < -0.3 is 4.90 Å². The molecule has 0 saturated carbocycles. The van der Waals surface area contributed by atoms with Crippen molar-refractivity contribution in [2.75, 3.05) is 6.54 Å². The van der Waals surface area contributed by atoms with E-state index in [2.05, 4.69) is 39.8 Å². The Morgan fingerprint density at radius 3 is 2.82 bits per heavy atom. The maximum atomic E-state index is 12.9. The van der Waals surface area contributed by atoms with Crippen LogP contribution in [0.15, 0.2) is 18.2 Å². The number of piperidine rings is 1. The van der Waals surface area contributed by atoms with Crippen molar-refractivity contribution in [3.63, 3.8) is 0 Å². The second-order valence-electron chi connectivity index (χ2n) is 6.77. The summed E-state index contributed by atoms with van der Waals surface area (Å²) in [7, 11) is 0. The summed E-state index contributed by atoms with van der Waals surface area (Å²) in [4.78, 5) is 15.1. The highest BCUT2D eigenvalue weighted by atomic mass is 16.2. The molecule has 0 N–H and O–H groups in total. The number of rotatable bonds is 3. The maximum Gasteiger partial charge on any atom is 0.226 e. The first-order valence-corrected chi connectivity index (χ1v) is 8.61. The van der Waals surface area contributed by atoms with E-state index in [-0.39, 0.29) is 5.92 Å². The van der Waals surface area contributed by atoms with E-state index < -0.39 is 0 Å². The lowest BCUT2D eigenvalue weighted by Gasteiger charge is -2.38. The number of hydrogen-bond acceptors (Lipinski definition) is 2. The van der Waals surface area contributed by atoms with E-state index in [9.17, 15) is 4.79 Å². The molecule has 0 bridgehead atoms. The van der Waals surface area contributed by atoms with Crippen molar-refractivity contribution >= 4 is 5.91 Å². The van der Waals surface area contributed by atoms with Crippen molar-refractivity contribution in [3.05, 3.63) is 29.6 Å². The SMILES string of the molecule is Cc1cc(C)n(C[C@H]2CCCCN2C(=O)[C@H]2CC=CCC2)n1.